The van der Waals surface area contributed by atoms with Gasteiger partial charge in [0.05, 0.1) is 0 Å². The zero-order valence-electron chi connectivity index (χ0n) is 15.0. The minimum Gasteiger partial charge on any atom is -0.508 e. The molecule has 0 amide bonds. The van der Waals surface area contributed by atoms with Crippen molar-refractivity contribution in [1.82, 2.24) is 9.80 Å². The van der Waals surface area contributed by atoms with Crippen LogP contribution in [-0.2, 0) is 6.54 Å². The minimum absolute atomic E-state index is 0.403. The second kappa shape index (κ2) is 7.23. The molecule has 0 bridgehead atoms. The van der Waals surface area contributed by atoms with Gasteiger partial charge in [0.1, 0.15) is 5.75 Å². The van der Waals surface area contributed by atoms with E-state index in [1.807, 2.05) is 13.0 Å². The Morgan fingerprint density at radius 2 is 2.00 bits per heavy atom. The quantitative estimate of drug-likeness (QED) is 0.898. The van der Waals surface area contributed by atoms with Crippen LogP contribution in [0.15, 0.2) is 18.2 Å². The fourth-order valence-corrected chi connectivity index (χ4v) is 3.84. The topological polar surface area (TPSA) is 26.7 Å². The molecule has 2 fully saturated rings. The number of hydrogen-bond acceptors (Lipinski definition) is 3. The van der Waals surface area contributed by atoms with Crippen LogP contribution in [0.5, 0.6) is 5.75 Å². The first-order valence-electron chi connectivity index (χ1n) is 9.28. The van der Waals surface area contributed by atoms with Gasteiger partial charge in [0.25, 0.3) is 0 Å². The molecule has 0 radical (unpaired) electrons. The van der Waals surface area contributed by atoms with E-state index in [9.17, 15) is 5.11 Å². The molecule has 3 nitrogen and oxygen atoms in total. The summed E-state index contributed by atoms with van der Waals surface area (Å²) in [5, 5.41) is 9.71. The molecule has 3 rings (SSSR count). The van der Waals surface area contributed by atoms with E-state index in [4.69, 9.17) is 0 Å². The Kier molecular flexibility index (Phi) is 5.27. The number of phenols is 1. The highest BCUT2D eigenvalue weighted by atomic mass is 16.3. The van der Waals surface area contributed by atoms with Crippen molar-refractivity contribution in [3.05, 3.63) is 29.3 Å². The molecule has 1 atom stereocenters. The third-order valence-corrected chi connectivity index (χ3v) is 5.46. The van der Waals surface area contributed by atoms with Crippen LogP contribution in [-0.4, -0.2) is 47.1 Å². The lowest BCUT2D eigenvalue weighted by atomic mass is 10.0. The van der Waals surface area contributed by atoms with Gasteiger partial charge >= 0.3 is 0 Å². The van der Waals surface area contributed by atoms with Gasteiger partial charge in [0.2, 0.25) is 0 Å². The lowest BCUT2D eigenvalue weighted by Gasteiger charge is -2.34. The van der Waals surface area contributed by atoms with Gasteiger partial charge in [-0.1, -0.05) is 26.0 Å². The molecule has 1 aliphatic heterocycles. The van der Waals surface area contributed by atoms with Crippen molar-refractivity contribution in [3.8, 4) is 5.75 Å². The Morgan fingerprint density at radius 3 is 2.65 bits per heavy atom. The largest absolute Gasteiger partial charge is 0.508 e. The SMILES string of the molecule is Cc1cc(CN2CCCN(CC3CC3)[C@@H](C(C)C)C2)ccc1O. The normalized spacial score (nSPS) is 24.1. The van der Waals surface area contributed by atoms with Gasteiger partial charge in [0.15, 0.2) is 0 Å². The Morgan fingerprint density at radius 1 is 1.22 bits per heavy atom. The highest BCUT2D eigenvalue weighted by Gasteiger charge is 2.32. The lowest BCUT2D eigenvalue weighted by molar-refractivity contribution is 0.132. The Balaban J connectivity index is 1.66. The molecule has 1 saturated carbocycles. The Hall–Kier alpha value is -1.06. The molecule has 1 heterocycles. The average molecular weight is 316 g/mol. The average Bonchev–Trinajstić information content (AvgIpc) is 3.32. The Bertz CT molecular complexity index is 524. The fourth-order valence-electron chi connectivity index (χ4n) is 3.84. The van der Waals surface area contributed by atoms with E-state index >= 15 is 0 Å². The van der Waals surface area contributed by atoms with Crippen molar-refractivity contribution in [1.29, 1.82) is 0 Å². The molecule has 2 aliphatic rings. The summed E-state index contributed by atoms with van der Waals surface area (Å²) in [6, 6.07) is 6.71. The van der Waals surface area contributed by atoms with Gasteiger partial charge in [-0.25, -0.2) is 0 Å². The van der Waals surface area contributed by atoms with Crippen molar-refractivity contribution in [3.63, 3.8) is 0 Å². The zero-order chi connectivity index (χ0) is 16.4. The van der Waals surface area contributed by atoms with Crippen LogP contribution in [0.3, 0.4) is 0 Å². The van der Waals surface area contributed by atoms with Crippen molar-refractivity contribution in [2.24, 2.45) is 11.8 Å². The number of aryl methyl sites for hydroxylation is 1. The summed E-state index contributed by atoms with van der Waals surface area (Å²) in [5.74, 6) is 2.08. The summed E-state index contributed by atoms with van der Waals surface area (Å²) < 4.78 is 0. The van der Waals surface area contributed by atoms with Crippen LogP contribution >= 0.6 is 0 Å². The van der Waals surface area contributed by atoms with E-state index in [0.717, 1.165) is 18.0 Å². The third-order valence-electron chi connectivity index (χ3n) is 5.46. The third kappa shape index (κ3) is 4.48. The number of rotatable bonds is 5. The predicted octanol–water partition coefficient (Wildman–Crippen LogP) is 3.64. The number of aromatic hydroxyl groups is 1. The molecule has 1 aliphatic carbocycles. The van der Waals surface area contributed by atoms with E-state index in [1.54, 1.807) is 0 Å². The summed E-state index contributed by atoms with van der Waals surface area (Å²) in [4.78, 5) is 5.38. The first kappa shape index (κ1) is 16.8. The summed E-state index contributed by atoms with van der Waals surface area (Å²) in [5.41, 5.74) is 2.30. The molecular weight excluding hydrogens is 284 g/mol. The van der Waals surface area contributed by atoms with E-state index in [1.165, 1.54) is 51.0 Å². The molecule has 0 spiro atoms. The van der Waals surface area contributed by atoms with Gasteiger partial charge in [-0.3, -0.25) is 9.80 Å². The van der Waals surface area contributed by atoms with Crippen LogP contribution in [0.1, 0.15) is 44.2 Å². The minimum atomic E-state index is 0.403. The molecule has 128 valence electrons. The molecule has 1 N–H and O–H groups in total. The molecule has 3 heteroatoms. The van der Waals surface area contributed by atoms with Gasteiger partial charge in [-0.15, -0.1) is 0 Å². The first-order valence-corrected chi connectivity index (χ1v) is 9.28. The molecule has 0 aromatic heterocycles. The van der Waals surface area contributed by atoms with Crippen molar-refractivity contribution < 1.29 is 5.11 Å². The number of hydrogen-bond donors (Lipinski definition) is 1. The van der Waals surface area contributed by atoms with Gasteiger partial charge in [-0.2, -0.15) is 0 Å². The van der Waals surface area contributed by atoms with E-state index in [0.29, 0.717) is 17.7 Å². The smallest absolute Gasteiger partial charge is 0.118 e. The highest BCUT2D eigenvalue weighted by molar-refractivity contribution is 5.34. The summed E-state index contributed by atoms with van der Waals surface area (Å²) >= 11 is 0. The molecule has 1 aromatic rings. The molecular formula is C20H32N2O. The summed E-state index contributed by atoms with van der Waals surface area (Å²) in [6.07, 6.45) is 4.16. The highest BCUT2D eigenvalue weighted by Crippen LogP contribution is 2.32. The second-order valence-corrected chi connectivity index (χ2v) is 7.96. The first-order chi connectivity index (χ1) is 11.0. The molecule has 0 unspecified atom stereocenters. The van der Waals surface area contributed by atoms with E-state index in [2.05, 4.69) is 35.8 Å². The van der Waals surface area contributed by atoms with E-state index in [-0.39, 0.29) is 0 Å². The molecule has 23 heavy (non-hydrogen) atoms. The lowest BCUT2D eigenvalue weighted by Crippen LogP contribution is -2.45. The maximum Gasteiger partial charge on any atom is 0.118 e. The maximum absolute atomic E-state index is 9.71. The standard InChI is InChI=1S/C20H32N2O/c1-15(2)19-14-21(9-4-10-22(19)13-17-5-6-17)12-18-7-8-20(23)16(3)11-18/h7-8,11,15,17,19,23H,4-6,9-10,12-14H2,1-3H3/t19-/m1/s1. The number of phenolic OH excluding ortho intramolecular Hbond substituents is 1. The van der Waals surface area contributed by atoms with Crippen LogP contribution < -0.4 is 0 Å². The van der Waals surface area contributed by atoms with Crippen LogP contribution in [0, 0.1) is 18.8 Å². The van der Waals surface area contributed by atoms with Crippen LogP contribution in [0.25, 0.3) is 0 Å². The summed E-state index contributed by atoms with van der Waals surface area (Å²) in [7, 11) is 0. The maximum atomic E-state index is 9.71. The summed E-state index contributed by atoms with van der Waals surface area (Å²) in [6.45, 7) is 12.7. The molecule has 1 saturated heterocycles. The van der Waals surface area contributed by atoms with Crippen LogP contribution in [0.2, 0.25) is 0 Å². The van der Waals surface area contributed by atoms with Crippen molar-refractivity contribution in [2.45, 2.75) is 52.6 Å². The van der Waals surface area contributed by atoms with Crippen LogP contribution in [0.4, 0.5) is 0 Å². The van der Waals surface area contributed by atoms with Gasteiger partial charge < -0.3 is 5.11 Å². The molecule has 1 aromatic carbocycles. The van der Waals surface area contributed by atoms with E-state index < -0.39 is 0 Å². The second-order valence-electron chi connectivity index (χ2n) is 7.96. The van der Waals surface area contributed by atoms with Crippen molar-refractivity contribution >= 4 is 0 Å². The monoisotopic (exact) mass is 316 g/mol. The van der Waals surface area contributed by atoms with Crippen molar-refractivity contribution in [2.75, 3.05) is 26.2 Å². The Labute approximate surface area is 141 Å². The number of nitrogens with zero attached hydrogens (tertiary/aromatic N) is 2. The zero-order valence-corrected chi connectivity index (χ0v) is 15.0. The fraction of sp³-hybridized carbons (Fsp3) is 0.700. The van der Waals surface area contributed by atoms with Gasteiger partial charge in [-0.05, 0) is 68.3 Å². The van der Waals surface area contributed by atoms with Gasteiger partial charge in [0, 0.05) is 25.7 Å². The number of benzene rings is 1. The predicted molar refractivity (Wildman–Crippen MR) is 95.7 cm³/mol.